The summed E-state index contributed by atoms with van der Waals surface area (Å²) in [6.07, 6.45) is 0.193. The van der Waals surface area contributed by atoms with E-state index in [0.29, 0.717) is 40.4 Å². The number of nitrogens with one attached hydrogen (secondary N) is 1. The van der Waals surface area contributed by atoms with Crippen LogP contribution >= 0.6 is 23.2 Å². The first-order chi connectivity index (χ1) is 10.6. The second-order valence-electron chi connectivity index (χ2n) is 4.80. The zero-order chi connectivity index (χ0) is 15.5. The Balaban J connectivity index is 1.72. The van der Waals surface area contributed by atoms with E-state index in [0.717, 1.165) is 5.56 Å². The van der Waals surface area contributed by atoms with E-state index in [1.54, 1.807) is 24.3 Å². The SMILES string of the molecule is O=C(Cc1ccc2c(c1)OCCO2)Nc1c(Cl)cccc1Cl. The molecule has 0 spiro atoms. The molecule has 0 saturated carbocycles. The molecule has 0 atom stereocenters. The van der Waals surface area contributed by atoms with Gasteiger partial charge in [0.1, 0.15) is 13.2 Å². The molecular weight excluding hydrogens is 325 g/mol. The second kappa shape index (κ2) is 6.46. The third kappa shape index (κ3) is 3.29. The maximum absolute atomic E-state index is 12.2. The van der Waals surface area contributed by atoms with Crippen LogP contribution in [0.1, 0.15) is 5.56 Å². The summed E-state index contributed by atoms with van der Waals surface area (Å²) in [5, 5.41) is 3.54. The minimum atomic E-state index is -0.202. The van der Waals surface area contributed by atoms with Gasteiger partial charge in [0, 0.05) is 0 Å². The highest BCUT2D eigenvalue weighted by Gasteiger charge is 2.14. The summed E-state index contributed by atoms with van der Waals surface area (Å²) in [7, 11) is 0. The third-order valence-electron chi connectivity index (χ3n) is 3.20. The molecule has 1 aliphatic rings. The molecule has 4 nitrogen and oxygen atoms in total. The number of fused-ring (bicyclic) bond motifs is 1. The van der Waals surface area contributed by atoms with Gasteiger partial charge in [-0.05, 0) is 29.8 Å². The van der Waals surface area contributed by atoms with Crippen molar-refractivity contribution in [1.82, 2.24) is 0 Å². The summed E-state index contributed by atoms with van der Waals surface area (Å²) in [6.45, 7) is 1.05. The molecule has 0 saturated heterocycles. The number of hydrogen-bond donors (Lipinski definition) is 1. The number of anilines is 1. The molecule has 0 radical (unpaired) electrons. The van der Waals surface area contributed by atoms with Crippen LogP contribution in [0.15, 0.2) is 36.4 Å². The van der Waals surface area contributed by atoms with Crippen molar-refractivity contribution in [2.75, 3.05) is 18.5 Å². The van der Waals surface area contributed by atoms with Crippen LogP contribution in [0.3, 0.4) is 0 Å². The zero-order valence-electron chi connectivity index (χ0n) is 11.6. The van der Waals surface area contributed by atoms with Gasteiger partial charge in [-0.3, -0.25) is 4.79 Å². The average molecular weight is 338 g/mol. The van der Waals surface area contributed by atoms with Crippen LogP contribution in [0.2, 0.25) is 10.0 Å². The number of rotatable bonds is 3. The Kier molecular flexibility index (Phi) is 4.41. The lowest BCUT2D eigenvalue weighted by Crippen LogP contribution is -2.17. The van der Waals surface area contributed by atoms with Crippen molar-refractivity contribution in [3.63, 3.8) is 0 Å². The van der Waals surface area contributed by atoms with Crippen LogP contribution in [0.25, 0.3) is 0 Å². The molecule has 0 aromatic heterocycles. The topological polar surface area (TPSA) is 47.6 Å². The maximum Gasteiger partial charge on any atom is 0.228 e. The van der Waals surface area contributed by atoms with E-state index in [4.69, 9.17) is 32.7 Å². The van der Waals surface area contributed by atoms with Crippen molar-refractivity contribution in [2.24, 2.45) is 0 Å². The Morgan fingerprint density at radius 2 is 1.73 bits per heavy atom. The first kappa shape index (κ1) is 15.0. The lowest BCUT2D eigenvalue weighted by atomic mass is 10.1. The van der Waals surface area contributed by atoms with Gasteiger partial charge >= 0.3 is 0 Å². The molecule has 2 aromatic carbocycles. The van der Waals surface area contributed by atoms with Gasteiger partial charge in [-0.2, -0.15) is 0 Å². The molecule has 6 heteroatoms. The van der Waals surface area contributed by atoms with Crippen molar-refractivity contribution in [3.05, 3.63) is 52.0 Å². The van der Waals surface area contributed by atoms with Crippen molar-refractivity contribution in [1.29, 1.82) is 0 Å². The largest absolute Gasteiger partial charge is 0.486 e. The monoisotopic (exact) mass is 337 g/mol. The van der Waals surface area contributed by atoms with Crippen LogP contribution in [0, 0.1) is 0 Å². The van der Waals surface area contributed by atoms with Gasteiger partial charge in [-0.15, -0.1) is 0 Å². The molecule has 114 valence electrons. The predicted octanol–water partition coefficient (Wildman–Crippen LogP) is 3.95. The molecule has 0 aliphatic carbocycles. The lowest BCUT2D eigenvalue weighted by Gasteiger charge is -2.18. The third-order valence-corrected chi connectivity index (χ3v) is 3.83. The number of para-hydroxylation sites is 1. The Labute approximate surface area is 137 Å². The maximum atomic E-state index is 12.2. The normalized spacial score (nSPS) is 12.8. The fourth-order valence-electron chi connectivity index (χ4n) is 2.18. The van der Waals surface area contributed by atoms with E-state index in [1.165, 1.54) is 0 Å². The molecule has 2 aromatic rings. The summed E-state index contributed by atoms with van der Waals surface area (Å²) in [4.78, 5) is 12.2. The molecule has 1 aliphatic heterocycles. The van der Waals surface area contributed by atoms with Crippen LogP contribution in [-0.2, 0) is 11.2 Å². The number of amides is 1. The number of halogens is 2. The van der Waals surface area contributed by atoms with Crippen molar-refractivity contribution < 1.29 is 14.3 Å². The summed E-state index contributed by atoms with van der Waals surface area (Å²) >= 11 is 12.1. The highest BCUT2D eigenvalue weighted by molar-refractivity contribution is 6.39. The van der Waals surface area contributed by atoms with Gasteiger partial charge in [0.25, 0.3) is 0 Å². The molecule has 0 bridgehead atoms. The minimum Gasteiger partial charge on any atom is -0.486 e. The van der Waals surface area contributed by atoms with E-state index < -0.39 is 0 Å². The Morgan fingerprint density at radius 3 is 2.45 bits per heavy atom. The molecule has 1 N–H and O–H groups in total. The zero-order valence-corrected chi connectivity index (χ0v) is 13.1. The lowest BCUT2D eigenvalue weighted by molar-refractivity contribution is -0.115. The van der Waals surface area contributed by atoms with Crippen molar-refractivity contribution >= 4 is 34.8 Å². The van der Waals surface area contributed by atoms with Gasteiger partial charge in [0.05, 0.1) is 22.2 Å². The first-order valence-corrected chi connectivity index (χ1v) is 7.51. The first-order valence-electron chi connectivity index (χ1n) is 6.76. The van der Waals surface area contributed by atoms with Crippen LogP contribution in [-0.4, -0.2) is 19.1 Å². The van der Waals surface area contributed by atoms with Crippen molar-refractivity contribution in [3.8, 4) is 11.5 Å². The molecule has 0 unspecified atom stereocenters. The van der Waals surface area contributed by atoms with Gasteiger partial charge < -0.3 is 14.8 Å². The van der Waals surface area contributed by atoms with Gasteiger partial charge in [0.2, 0.25) is 5.91 Å². The number of hydrogen-bond acceptors (Lipinski definition) is 3. The molecule has 0 fully saturated rings. The van der Waals surface area contributed by atoms with E-state index in [1.807, 2.05) is 12.1 Å². The van der Waals surface area contributed by atoms with E-state index in [-0.39, 0.29) is 12.3 Å². The predicted molar refractivity (Wildman–Crippen MR) is 86.2 cm³/mol. The molecular formula is C16H13Cl2NO3. The summed E-state index contributed by atoms with van der Waals surface area (Å²) in [5.74, 6) is 1.16. The summed E-state index contributed by atoms with van der Waals surface area (Å²) < 4.78 is 11.0. The number of carbonyl (C=O) groups excluding carboxylic acids is 1. The van der Waals surface area contributed by atoms with Gasteiger partial charge in [-0.25, -0.2) is 0 Å². The van der Waals surface area contributed by atoms with Gasteiger partial charge in [0.15, 0.2) is 11.5 Å². The highest BCUT2D eigenvalue weighted by atomic mass is 35.5. The van der Waals surface area contributed by atoms with E-state index >= 15 is 0 Å². The Bertz CT molecular complexity index is 698. The summed E-state index contributed by atoms with van der Waals surface area (Å²) in [6, 6.07) is 10.5. The van der Waals surface area contributed by atoms with E-state index in [2.05, 4.69) is 5.32 Å². The smallest absolute Gasteiger partial charge is 0.228 e. The molecule has 3 rings (SSSR count). The van der Waals surface area contributed by atoms with E-state index in [9.17, 15) is 4.79 Å². The molecule has 1 amide bonds. The van der Waals surface area contributed by atoms with Crippen LogP contribution in [0.4, 0.5) is 5.69 Å². The standard InChI is InChI=1S/C16H13Cl2NO3/c17-11-2-1-3-12(18)16(11)19-15(20)9-10-4-5-13-14(8-10)22-7-6-21-13/h1-5,8H,6-7,9H2,(H,19,20). The highest BCUT2D eigenvalue weighted by Crippen LogP contribution is 2.32. The number of ether oxygens (including phenoxy) is 2. The molecule has 1 heterocycles. The minimum absolute atomic E-state index is 0.193. The number of benzene rings is 2. The molecule has 22 heavy (non-hydrogen) atoms. The number of carbonyl (C=O) groups is 1. The fraction of sp³-hybridized carbons (Fsp3) is 0.188. The van der Waals surface area contributed by atoms with Crippen molar-refractivity contribution in [2.45, 2.75) is 6.42 Å². The average Bonchev–Trinajstić information content (AvgIpc) is 2.51. The Morgan fingerprint density at radius 1 is 1.05 bits per heavy atom. The quantitative estimate of drug-likeness (QED) is 0.922. The summed E-state index contributed by atoms with van der Waals surface area (Å²) in [5.41, 5.74) is 1.25. The second-order valence-corrected chi connectivity index (χ2v) is 5.61. The fourth-order valence-corrected chi connectivity index (χ4v) is 2.68. The van der Waals surface area contributed by atoms with Gasteiger partial charge in [-0.1, -0.05) is 35.3 Å². The van der Waals surface area contributed by atoms with Crippen LogP contribution in [0.5, 0.6) is 11.5 Å². The Hall–Kier alpha value is -1.91. The van der Waals surface area contributed by atoms with Crippen LogP contribution < -0.4 is 14.8 Å².